The minimum absolute atomic E-state index is 0. The number of rotatable bonds is 2. The molecule has 0 atom stereocenters. The summed E-state index contributed by atoms with van der Waals surface area (Å²) in [5, 5.41) is 0. The maximum Gasteiger partial charge on any atom is 1.00 e. The standard InChI is InChI=1S/C15H9.C5H14P2.Au/c1-2-11-7-8-13-10-12-5-3-4-6-14(12)15(13)9-11;1-6(2)5-7(3)4;/h3-9H,10H2;5H2,1-4H3;/q-1;;+1/p+1. The molecular formula is C20H24AuP2+. The minimum Gasteiger partial charge on any atom is -0.366 e. The molecule has 0 spiro atoms. The molecule has 0 saturated carbocycles. The monoisotopic (exact) mass is 523 g/mol. The van der Waals surface area contributed by atoms with Crippen LogP contribution in [0.4, 0.5) is 0 Å². The molecule has 0 amide bonds. The van der Waals surface area contributed by atoms with Crippen LogP contribution in [0.3, 0.4) is 0 Å². The summed E-state index contributed by atoms with van der Waals surface area (Å²) in [4.78, 5) is 0. The maximum absolute atomic E-state index is 7.14. The van der Waals surface area contributed by atoms with Crippen LogP contribution >= 0.6 is 15.8 Å². The smallest absolute Gasteiger partial charge is 0.366 e. The van der Waals surface area contributed by atoms with Crippen LogP contribution in [0.2, 0.25) is 0 Å². The molecule has 0 N–H and O–H groups in total. The summed E-state index contributed by atoms with van der Waals surface area (Å²) in [6.07, 6.45) is 8.16. The zero-order valence-electron chi connectivity index (χ0n) is 14.2. The summed E-state index contributed by atoms with van der Waals surface area (Å²) in [6.45, 7) is 9.47. The third-order valence-corrected chi connectivity index (χ3v) is 8.63. The Morgan fingerprint density at radius 3 is 2.26 bits per heavy atom. The summed E-state index contributed by atoms with van der Waals surface area (Å²) in [7, 11) is 0.500. The normalized spacial score (nSPS) is 11.0. The molecule has 0 aromatic heterocycles. The topological polar surface area (TPSA) is 0 Å². The van der Waals surface area contributed by atoms with Crippen molar-refractivity contribution in [1.82, 2.24) is 0 Å². The van der Waals surface area contributed by atoms with Crippen molar-refractivity contribution >= 4 is 15.8 Å². The van der Waals surface area contributed by atoms with Gasteiger partial charge in [-0.1, -0.05) is 38.3 Å². The van der Waals surface area contributed by atoms with Crippen molar-refractivity contribution < 1.29 is 22.4 Å². The second kappa shape index (κ2) is 9.79. The maximum atomic E-state index is 7.14. The van der Waals surface area contributed by atoms with Crippen LogP contribution < -0.4 is 0 Å². The molecule has 124 valence electrons. The molecule has 0 heterocycles. The number of hydrogen-bond acceptors (Lipinski definition) is 0. The van der Waals surface area contributed by atoms with Gasteiger partial charge in [-0.15, -0.1) is 17.7 Å². The van der Waals surface area contributed by atoms with Crippen LogP contribution in [0.1, 0.15) is 16.7 Å². The van der Waals surface area contributed by atoms with Crippen LogP contribution in [0.5, 0.6) is 0 Å². The molecule has 0 bridgehead atoms. The van der Waals surface area contributed by atoms with Crippen LogP contribution in [0.15, 0.2) is 42.5 Å². The van der Waals surface area contributed by atoms with Gasteiger partial charge in [-0.05, 0) is 49.9 Å². The second-order valence-electron chi connectivity index (χ2n) is 6.28. The molecule has 3 heteroatoms. The van der Waals surface area contributed by atoms with E-state index in [1.165, 1.54) is 28.2 Å². The Balaban J connectivity index is 0.000000287. The average Bonchev–Trinajstić information content (AvgIpc) is 2.84. The van der Waals surface area contributed by atoms with Gasteiger partial charge < -0.3 is 6.42 Å². The number of fused-ring (bicyclic) bond motifs is 3. The van der Waals surface area contributed by atoms with Crippen LogP contribution in [0.25, 0.3) is 11.1 Å². The first-order valence-corrected chi connectivity index (χ1v) is 12.7. The van der Waals surface area contributed by atoms with Crippen molar-refractivity contribution in [3.8, 4) is 17.0 Å². The molecule has 2 aromatic carbocycles. The molecule has 0 saturated heterocycles. The van der Waals surface area contributed by atoms with Gasteiger partial charge in [0.2, 0.25) is 0 Å². The average molecular weight is 523 g/mol. The zero-order valence-corrected chi connectivity index (χ0v) is 18.3. The molecule has 1 aliphatic rings. The van der Waals surface area contributed by atoms with Crippen LogP contribution in [0, 0.1) is 12.3 Å². The summed E-state index contributed by atoms with van der Waals surface area (Å²) < 4.78 is 0. The molecular weight excluding hydrogens is 499 g/mol. The summed E-state index contributed by atoms with van der Waals surface area (Å²) >= 11 is 0. The van der Waals surface area contributed by atoms with Crippen molar-refractivity contribution in [2.45, 2.75) is 6.42 Å². The fourth-order valence-corrected chi connectivity index (χ4v) is 7.89. The van der Waals surface area contributed by atoms with Crippen molar-refractivity contribution in [3.63, 3.8) is 0 Å². The van der Waals surface area contributed by atoms with E-state index in [1.54, 1.807) is 0 Å². The quantitative estimate of drug-likeness (QED) is 0.184. The first-order chi connectivity index (χ1) is 10.5. The fourth-order valence-electron chi connectivity index (χ4n) is 2.83. The van der Waals surface area contributed by atoms with Gasteiger partial charge in [0.15, 0.2) is 0 Å². The Bertz CT molecular complexity index is 678. The van der Waals surface area contributed by atoms with Gasteiger partial charge in [-0.25, -0.2) is 0 Å². The third-order valence-electron chi connectivity index (χ3n) is 3.58. The van der Waals surface area contributed by atoms with E-state index in [4.69, 9.17) is 6.42 Å². The zero-order chi connectivity index (χ0) is 16.1. The van der Waals surface area contributed by atoms with Gasteiger partial charge in [-0.2, -0.15) is 0 Å². The van der Waals surface area contributed by atoms with E-state index >= 15 is 0 Å². The molecule has 0 fully saturated rings. The van der Waals surface area contributed by atoms with Crippen molar-refractivity contribution in [1.29, 1.82) is 0 Å². The van der Waals surface area contributed by atoms with Crippen molar-refractivity contribution in [2.24, 2.45) is 0 Å². The molecule has 0 unspecified atom stereocenters. The van der Waals surface area contributed by atoms with Crippen LogP contribution in [-0.4, -0.2) is 32.6 Å². The van der Waals surface area contributed by atoms with Gasteiger partial charge in [0.05, 0.1) is 5.90 Å². The van der Waals surface area contributed by atoms with Gasteiger partial charge in [0, 0.05) is 13.3 Å². The molecule has 0 nitrogen and oxygen atoms in total. The molecule has 1 aliphatic carbocycles. The van der Waals surface area contributed by atoms with E-state index in [0.29, 0.717) is 7.92 Å². The van der Waals surface area contributed by atoms with Crippen molar-refractivity contribution in [3.05, 3.63) is 65.6 Å². The first kappa shape index (κ1) is 20.6. The van der Waals surface area contributed by atoms with E-state index in [1.807, 2.05) is 12.1 Å². The summed E-state index contributed by atoms with van der Waals surface area (Å²) in [5.74, 6) is 3.97. The van der Waals surface area contributed by atoms with E-state index in [2.05, 4.69) is 62.9 Å². The predicted octanol–water partition coefficient (Wildman–Crippen LogP) is 5.35. The molecule has 3 rings (SSSR count). The van der Waals surface area contributed by atoms with Crippen LogP contribution in [-0.2, 0) is 28.8 Å². The Morgan fingerprint density at radius 2 is 1.70 bits per heavy atom. The molecule has 0 aliphatic heterocycles. The number of hydrogen-bond donors (Lipinski definition) is 0. The largest absolute Gasteiger partial charge is 1.00 e. The Labute approximate surface area is 159 Å². The summed E-state index contributed by atoms with van der Waals surface area (Å²) in [5.41, 5.74) is 6.17. The Hall–Kier alpha value is -0.400. The fraction of sp³-hybridized carbons (Fsp3) is 0.300. The number of benzene rings is 2. The van der Waals surface area contributed by atoms with E-state index in [0.717, 1.165) is 12.0 Å². The van der Waals surface area contributed by atoms with Gasteiger partial charge in [0.1, 0.15) is 0 Å². The van der Waals surface area contributed by atoms with Gasteiger partial charge in [-0.3, -0.25) is 5.92 Å². The minimum atomic E-state index is 0. The van der Waals surface area contributed by atoms with E-state index in [9.17, 15) is 0 Å². The second-order valence-corrected chi connectivity index (χ2v) is 12.1. The Morgan fingerprint density at radius 1 is 1.04 bits per heavy atom. The molecule has 23 heavy (non-hydrogen) atoms. The van der Waals surface area contributed by atoms with E-state index < -0.39 is 0 Å². The SMILES string of the molecule is CP(C)C[PH+](C)C.[Au+].[C-]#Cc1ccc2c(c1)-c1ccccc1C2. The van der Waals surface area contributed by atoms with E-state index in [-0.39, 0.29) is 30.3 Å². The van der Waals surface area contributed by atoms with Gasteiger partial charge >= 0.3 is 22.4 Å². The third kappa shape index (κ3) is 5.87. The van der Waals surface area contributed by atoms with Crippen molar-refractivity contribution in [2.75, 3.05) is 32.6 Å². The van der Waals surface area contributed by atoms with Gasteiger partial charge in [0.25, 0.3) is 0 Å². The predicted molar refractivity (Wildman–Crippen MR) is 105 cm³/mol. The first-order valence-electron chi connectivity index (χ1n) is 7.59. The molecule has 0 radical (unpaired) electrons. The summed E-state index contributed by atoms with van der Waals surface area (Å²) in [6, 6.07) is 14.6. The molecule has 2 aromatic rings. The Kier molecular flexibility index (Phi) is 8.79.